The smallest absolute Gasteiger partial charge is 0.254 e. The van der Waals surface area contributed by atoms with Crippen molar-refractivity contribution in [1.29, 1.82) is 0 Å². The van der Waals surface area contributed by atoms with E-state index in [1.807, 2.05) is 25.2 Å². The predicted molar refractivity (Wildman–Crippen MR) is 174 cm³/mol. The number of carbonyl (C=O) groups is 3. The lowest BCUT2D eigenvalue weighted by Gasteiger charge is -2.18. The Kier molecular flexibility index (Phi) is 8.80. The summed E-state index contributed by atoms with van der Waals surface area (Å²) in [6, 6.07) is 1.68. The number of nitrogens with one attached hydrogen (secondary N) is 4. The molecule has 224 valence electrons. The van der Waals surface area contributed by atoms with E-state index in [2.05, 4.69) is 53.7 Å². The summed E-state index contributed by atoms with van der Waals surface area (Å²) in [4.78, 5) is 47.5. The fourth-order valence-electron chi connectivity index (χ4n) is 6.39. The molecule has 0 radical (unpaired) electrons. The molecule has 3 aromatic heterocycles. The molecule has 2 aliphatic heterocycles. The van der Waals surface area contributed by atoms with Gasteiger partial charge in [-0.1, -0.05) is 26.5 Å². The monoisotopic (exact) mass is 638 g/mol. The molecule has 3 aromatic rings. The van der Waals surface area contributed by atoms with E-state index in [4.69, 9.17) is 34.8 Å². The van der Waals surface area contributed by atoms with E-state index < -0.39 is 15.7 Å². The molecule has 5 rings (SSSR count). The third-order valence-corrected chi connectivity index (χ3v) is 9.18. The maximum absolute atomic E-state index is 12.7. The van der Waals surface area contributed by atoms with Gasteiger partial charge >= 0.3 is 0 Å². The van der Waals surface area contributed by atoms with Gasteiger partial charge in [0, 0.05) is 68.6 Å². The highest BCUT2D eigenvalue weighted by atomic mass is 35.5. The van der Waals surface area contributed by atoms with Gasteiger partial charge in [-0.3, -0.25) is 14.4 Å². The van der Waals surface area contributed by atoms with Crippen molar-refractivity contribution >= 4 is 80.4 Å². The summed E-state index contributed by atoms with van der Waals surface area (Å²) in [5.41, 5.74) is 9.44. The number of H-pyrrole nitrogens is 3. The summed E-state index contributed by atoms with van der Waals surface area (Å²) in [5, 5.41) is 3.66. The Balaban J connectivity index is 1.91. The summed E-state index contributed by atoms with van der Waals surface area (Å²) < 4.78 is 0. The number of fused-ring (bicyclic) bond motifs is 8. The Morgan fingerprint density at radius 1 is 0.953 bits per heavy atom. The van der Waals surface area contributed by atoms with Gasteiger partial charge in [0.25, 0.3) is 5.24 Å². The molecule has 2 aliphatic rings. The van der Waals surface area contributed by atoms with Crippen molar-refractivity contribution in [1.82, 2.24) is 20.3 Å². The fourth-order valence-corrected chi connectivity index (χ4v) is 6.79. The zero-order valence-electron chi connectivity index (χ0n) is 24.4. The maximum Gasteiger partial charge on any atom is 0.254 e. The molecule has 4 N–H and O–H groups in total. The normalized spacial score (nSPS) is 17.6. The third-order valence-electron chi connectivity index (χ3n) is 8.65. The number of rotatable bonds is 8. The minimum atomic E-state index is -0.670. The van der Waals surface area contributed by atoms with E-state index in [-0.39, 0.29) is 30.2 Å². The molecular weight excluding hydrogens is 607 g/mol. The van der Waals surface area contributed by atoms with Crippen LogP contribution < -0.4 is 16.0 Å². The van der Waals surface area contributed by atoms with Crippen LogP contribution >= 0.6 is 34.8 Å². The lowest BCUT2D eigenvalue weighted by Crippen LogP contribution is -2.14. The van der Waals surface area contributed by atoms with Gasteiger partial charge in [-0.05, 0) is 102 Å². The second kappa shape index (κ2) is 12.2. The van der Waals surface area contributed by atoms with E-state index in [0.717, 1.165) is 56.5 Å². The summed E-state index contributed by atoms with van der Waals surface area (Å²) in [7, 11) is 0. The zero-order chi connectivity index (χ0) is 31.2. The Morgan fingerprint density at radius 2 is 1.70 bits per heavy atom. The molecule has 0 amide bonds. The lowest BCUT2D eigenvalue weighted by molar-refractivity contribution is -0.112. The van der Waals surface area contributed by atoms with Gasteiger partial charge < -0.3 is 20.3 Å². The molecule has 0 spiro atoms. The van der Waals surface area contributed by atoms with Crippen LogP contribution in [-0.4, -0.2) is 30.7 Å². The van der Waals surface area contributed by atoms with E-state index in [0.29, 0.717) is 29.1 Å². The SMILES string of the molecule is C=Cc1c2[nH]c(c1C)C=C1NC(=C(CC(=O)Cl)c3[nH]c(cc3C(=O)Cl)C=c3[nH]c(c(C)c3CC)=C2)[C@@H](CCC(=O)Cl)[C@@H]1C. The summed E-state index contributed by atoms with van der Waals surface area (Å²) in [5.74, 6) is -0.301. The van der Waals surface area contributed by atoms with Crippen LogP contribution in [0.15, 0.2) is 24.0 Å². The van der Waals surface area contributed by atoms with Gasteiger partial charge in [-0.25, -0.2) is 0 Å². The summed E-state index contributed by atoms with van der Waals surface area (Å²) in [6.45, 7) is 12.3. The average Bonchev–Trinajstić information content (AvgIpc) is 3.65. The molecule has 0 unspecified atom stereocenters. The standard InChI is InChI=1S/C33H33Cl3N4O3/c1-6-19-15(3)25-14-28-20(7-2)16(4)24(39-28)13-26-17(5)21(8-9-29(34)41)31(40-26)22(12-30(35)42)32-23(33(36)43)10-18(37-32)11-27(19)38-25/h7,10-11,13-14,17,21,37-40H,2,6,8-9,12H2,1,3-5H3/t17-,21-/m0/s1. The van der Waals surface area contributed by atoms with Crippen LogP contribution in [0.3, 0.4) is 0 Å². The van der Waals surface area contributed by atoms with Gasteiger partial charge in [-0.2, -0.15) is 0 Å². The molecule has 8 bridgehead atoms. The quantitative estimate of drug-likeness (QED) is 0.222. The van der Waals surface area contributed by atoms with Crippen molar-refractivity contribution in [2.75, 3.05) is 0 Å². The first-order valence-corrected chi connectivity index (χ1v) is 15.3. The fraction of sp³-hybridized carbons (Fsp3) is 0.303. The number of carbonyl (C=O) groups excluding carboxylic acids is 3. The molecule has 0 saturated carbocycles. The highest BCUT2D eigenvalue weighted by Crippen LogP contribution is 2.42. The second-order valence-electron chi connectivity index (χ2n) is 11.1. The number of aromatic nitrogens is 3. The van der Waals surface area contributed by atoms with Crippen LogP contribution in [0.5, 0.6) is 0 Å². The molecule has 1 fully saturated rings. The summed E-state index contributed by atoms with van der Waals surface area (Å²) >= 11 is 17.9. The van der Waals surface area contributed by atoms with E-state index >= 15 is 0 Å². The molecule has 0 aliphatic carbocycles. The van der Waals surface area contributed by atoms with Gasteiger partial charge in [0.15, 0.2) is 0 Å². The number of hydrogen-bond acceptors (Lipinski definition) is 4. The molecule has 2 atom stereocenters. The largest absolute Gasteiger partial charge is 0.361 e. The van der Waals surface area contributed by atoms with Crippen LogP contribution in [0.1, 0.15) is 88.5 Å². The highest BCUT2D eigenvalue weighted by molar-refractivity contribution is 6.68. The molecular formula is C33H33Cl3N4O3. The van der Waals surface area contributed by atoms with Crippen LogP contribution in [-0.2, 0) is 16.0 Å². The number of allylic oxidation sites excluding steroid dienone is 3. The molecule has 0 aromatic carbocycles. The Morgan fingerprint density at radius 3 is 2.33 bits per heavy atom. The molecule has 43 heavy (non-hydrogen) atoms. The third kappa shape index (κ3) is 5.86. The van der Waals surface area contributed by atoms with Crippen molar-refractivity contribution in [2.45, 2.75) is 53.4 Å². The topological polar surface area (TPSA) is 111 Å². The Bertz CT molecular complexity index is 1870. The van der Waals surface area contributed by atoms with Gasteiger partial charge in [0.2, 0.25) is 10.5 Å². The Hall–Kier alpha value is -3.52. The predicted octanol–water partition coefficient (Wildman–Crippen LogP) is 6.15. The van der Waals surface area contributed by atoms with Crippen molar-refractivity contribution in [3.05, 3.63) is 85.3 Å². The average molecular weight is 640 g/mol. The van der Waals surface area contributed by atoms with Gasteiger partial charge in [-0.15, -0.1) is 0 Å². The van der Waals surface area contributed by atoms with Crippen LogP contribution in [0.4, 0.5) is 0 Å². The maximum atomic E-state index is 12.7. The minimum Gasteiger partial charge on any atom is -0.361 e. The van der Waals surface area contributed by atoms with Gasteiger partial charge in [0.1, 0.15) is 0 Å². The van der Waals surface area contributed by atoms with Crippen molar-refractivity contribution < 1.29 is 14.4 Å². The second-order valence-corrected chi connectivity index (χ2v) is 12.3. The first kappa shape index (κ1) is 30.9. The van der Waals surface area contributed by atoms with Crippen LogP contribution in [0.25, 0.3) is 29.9 Å². The van der Waals surface area contributed by atoms with E-state index in [9.17, 15) is 14.4 Å². The van der Waals surface area contributed by atoms with E-state index in [1.165, 1.54) is 0 Å². The Labute approximate surface area is 264 Å². The van der Waals surface area contributed by atoms with Crippen molar-refractivity contribution in [3.63, 3.8) is 0 Å². The minimum absolute atomic E-state index is 0.0829. The lowest BCUT2D eigenvalue weighted by atomic mass is 9.86. The number of halogens is 3. The number of hydrogen-bond donors (Lipinski definition) is 4. The van der Waals surface area contributed by atoms with Crippen LogP contribution in [0, 0.1) is 25.7 Å². The van der Waals surface area contributed by atoms with Crippen LogP contribution in [0.2, 0.25) is 0 Å². The molecule has 7 nitrogen and oxygen atoms in total. The molecule has 5 heterocycles. The first-order valence-electron chi connectivity index (χ1n) is 14.2. The zero-order valence-corrected chi connectivity index (χ0v) is 26.7. The van der Waals surface area contributed by atoms with E-state index in [1.54, 1.807) is 6.07 Å². The first-order chi connectivity index (χ1) is 20.4. The number of aromatic amines is 3. The molecule has 10 heteroatoms. The van der Waals surface area contributed by atoms with Crippen molar-refractivity contribution in [2.24, 2.45) is 11.8 Å². The van der Waals surface area contributed by atoms with Gasteiger partial charge in [0.05, 0.1) is 17.7 Å². The summed E-state index contributed by atoms with van der Waals surface area (Å²) in [6.07, 6.45) is 9.10. The highest BCUT2D eigenvalue weighted by Gasteiger charge is 2.36. The molecule has 1 saturated heterocycles. The van der Waals surface area contributed by atoms with Crippen molar-refractivity contribution in [3.8, 4) is 0 Å².